The van der Waals surface area contributed by atoms with Crippen molar-refractivity contribution in [2.24, 2.45) is 0 Å². The van der Waals surface area contributed by atoms with Gasteiger partial charge in [-0.05, 0) is 76.6 Å². The van der Waals surface area contributed by atoms with Crippen molar-refractivity contribution in [2.75, 3.05) is 26.4 Å². The normalized spacial score (nSPS) is 10.8. The fourth-order valence-electron chi connectivity index (χ4n) is 3.00. The Morgan fingerprint density at radius 2 is 0.963 bits per heavy atom. The molecule has 0 fully saturated rings. The summed E-state index contributed by atoms with van der Waals surface area (Å²) in [6.07, 6.45) is 4.10. The highest BCUT2D eigenvalue weighted by molar-refractivity contribution is 5.36. The maximum Gasteiger partial charge on any atom is 0.122 e. The van der Waals surface area contributed by atoms with Crippen molar-refractivity contribution in [2.45, 2.75) is 53.4 Å². The minimum atomic E-state index is 0.747. The van der Waals surface area contributed by atoms with Gasteiger partial charge in [-0.2, -0.15) is 0 Å². The Morgan fingerprint density at radius 3 is 1.37 bits per heavy atom. The third-order valence-corrected chi connectivity index (χ3v) is 4.54. The molecule has 0 amide bonds. The molecule has 2 aromatic rings. The number of aryl methyl sites for hydroxylation is 4. The molecular formula is C24H34O3. The molecule has 0 spiro atoms. The summed E-state index contributed by atoms with van der Waals surface area (Å²) in [7, 11) is 0. The van der Waals surface area contributed by atoms with E-state index < -0.39 is 0 Å². The first-order valence-corrected chi connectivity index (χ1v) is 10.0. The molecule has 0 radical (unpaired) electrons. The van der Waals surface area contributed by atoms with E-state index >= 15 is 0 Å². The maximum atomic E-state index is 5.84. The van der Waals surface area contributed by atoms with E-state index in [0.29, 0.717) is 0 Å². The van der Waals surface area contributed by atoms with E-state index in [2.05, 4.69) is 64.1 Å². The van der Waals surface area contributed by atoms with Gasteiger partial charge in [0.05, 0.1) is 13.2 Å². The summed E-state index contributed by atoms with van der Waals surface area (Å²) in [4.78, 5) is 0. The van der Waals surface area contributed by atoms with E-state index in [1.165, 1.54) is 22.3 Å². The molecule has 2 aromatic carbocycles. The zero-order valence-corrected chi connectivity index (χ0v) is 17.3. The molecular weight excluding hydrogens is 336 g/mol. The van der Waals surface area contributed by atoms with Gasteiger partial charge in [0.15, 0.2) is 0 Å². The van der Waals surface area contributed by atoms with Gasteiger partial charge in [-0.3, -0.25) is 0 Å². The smallest absolute Gasteiger partial charge is 0.122 e. The average Bonchev–Trinajstić information content (AvgIpc) is 2.62. The van der Waals surface area contributed by atoms with Gasteiger partial charge in [-0.25, -0.2) is 0 Å². The molecule has 2 rings (SSSR count). The summed E-state index contributed by atoms with van der Waals surface area (Å²) >= 11 is 0. The first kappa shape index (κ1) is 21.3. The minimum absolute atomic E-state index is 0.747. The predicted molar refractivity (Wildman–Crippen MR) is 112 cm³/mol. The summed E-state index contributed by atoms with van der Waals surface area (Å²) < 4.78 is 17.4. The molecule has 3 nitrogen and oxygen atoms in total. The van der Waals surface area contributed by atoms with Gasteiger partial charge in [0.25, 0.3) is 0 Å². The minimum Gasteiger partial charge on any atom is -0.493 e. The van der Waals surface area contributed by atoms with Crippen molar-refractivity contribution >= 4 is 0 Å². The third-order valence-electron chi connectivity index (χ3n) is 4.54. The van der Waals surface area contributed by atoms with Crippen LogP contribution in [0.4, 0.5) is 0 Å². The molecule has 0 saturated heterocycles. The summed E-state index contributed by atoms with van der Waals surface area (Å²) in [5, 5.41) is 0. The predicted octanol–water partition coefficient (Wildman–Crippen LogP) is 5.96. The van der Waals surface area contributed by atoms with Crippen LogP contribution in [0.1, 0.15) is 47.9 Å². The molecule has 0 aliphatic carbocycles. The quantitative estimate of drug-likeness (QED) is 0.432. The van der Waals surface area contributed by atoms with Gasteiger partial charge in [-0.15, -0.1) is 0 Å². The Hall–Kier alpha value is -2.00. The topological polar surface area (TPSA) is 27.7 Å². The first-order valence-electron chi connectivity index (χ1n) is 10.0. The van der Waals surface area contributed by atoms with Crippen molar-refractivity contribution in [3.05, 3.63) is 58.7 Å². The lowest BCUT2D eigenvalue weighted by atomic mass is 10.1. The van der Waals surface area contributed by atoms with Crippen LogP contribution in [0.3, 0.4) is 0 Å². The van der Waals surface area contributed by atoms with Crippen LogP contribution in [-0.4, -0.2) is 26.4 Å². The molecule has 3 heteroatoms. The number of benzene rings is 2. The number of hydrogen-bond donors (Lipinski definition) is 0. The lowest BCUT2D eigenvalue weighted by molar-refractivity contribution is 0.119. The standard InChI is InChI=1S/C24H34O3/c1-19-9-11-23(21(3)17-19)26-15-7-5-13-25-14-6-8-16-27-24-12-10-20(2)18-22(24)4/h9-12,17-18H,5-8,13-16H2,1-4H3. The summed E-state index contributed by atoms with van der Waals surface area (Å²) in [6.45, 7) is 11.5. The van der Waals surface area contributed by atoms with E-state index in [4.69, 9.17) is 14.2 Å². The van der Waals surface area contributed by atoms with E-state index in [1.807, 2.05) is 0 Å². The van der Waals surface area contributed by atoms with Crippen molar-refractivity contribution in [3.63, 3.8) is 0 Å². The Bertz CT molecular complexity index is 635. The number of hydrogen-bond acceptors (Lipinski definition) is 3. The molecule has 0 N–H and O–H groups in total. The van der Waals surface area contributed by atoms with E-state index in [9.17, 15) is 0 Å². The lowest BCUT2D eigenvalue weighted by Gasteiger charge is -2.10. The Kier molecular flexibility index (Phi) is 9.20. The zero-order valence-electron chi connectivity index (χ0n) is 17.3. The average molecular weight is 371 g/mol. The third kappa shape index (κ3) is 8.04. The molecule has 0 atom stereocenters. The van der Waals surface area contributed by atoms with Crippen LogP contribution in [0.2, 0.25) is 0 Å². The molecule has 0 aliphatic rings. The largest absolute Gasteiger partial charge is 0.493 e. The van der Waals surface area contributed by atoms with Gasteiger partial charge >= 0.3 is 0 Å². The lowest BCUT2D eigenvalue weighted by Crippen LogP contribution is -2.04. The second kappa shape index (κ2) is 11.7. The van der Waals surface area contributed by atoms with Crippen molar-refractivity contribution < 1.29 is 14.2 Å². The number of ether oxygens (including phenoxy) is 3. The molecule has 148 valence electrons. The summed E-state index contributed by atoms with van der Waals surface area (Å²) in [5.41, 5.74) is 4.95. The van der Waals surface area contributed by atoms with E-state index in [0.717, 1.165) is 63.6 Å². The van der Waals surface area contributed by atoms with Crippen LogP contribution >= 0.6 is 0 Å². The maximum absolute atomic E-state index is 5.84. The number of unbranched alkanes of at least 4 members (excludes halogenated alkanes) is 2. The fourth-order valence-corrected chi connectivity index (χ4v) is 3.00. The Morgan fingerprint density at radius 1 is 0.556 bits per heavy atom. The van der Waals surface area contributed by atoms with Crippen LogP contribution in [0, 0.1) is 27.7 Å². The van der Waals surface area contributed by atoms with Gasteiger partial charge in [0.2, 0.25) is 0 Å². The molecule has 27 heavy (non-hydrogen) atoms. The monoisotopic (exact) mass is 370 g/mol. The first-order chi connectivity index (χ1) is 13.1. The van der Waals surface area contributed by atoms with Crippen LogP contribution in [0.5, 0.6) is 11.5 Å². The van der Waals surface area contributed by atoms with Crippen LogP contribution in [0.15, 0.2) is 36.4 Å². The SMILES string of the molecule is Cc1ccc(OCCCCOCCCCOc2ccc(C)cc2C)c(C)c1. The number of rotatable bonds is 12. The molecule has 0 unspecified atom stereocenters. The van der Waals surface area contributed by atoms with Gasteiger partial charge in [-0.1, -0.05) is 35.4 Å². The second-order valence-corrected chi connectivity index (χ2v) is 7.26. The van der Waals surface area contributed by atoms with Gasteiger partial charge in [0, 0.05) is 13.2 Å². The highest BCUT2D eigenvalue weighted by atomic mass is 16.5. The Labute approximate surface area is 164 Å². The van der Waals surface area contributed by atoms with Gasteiger partial charge in [0.1, 0.15) is 11.5 Å². The van der Waals surface area contributed by atoms with Crippen molar-refractivity contribution in [1.29, 1.82) is 0 Å². The van der Waals surface area contributed by atoms with Crippen molar-refractivity contribution in [3.8, 4) is 11.5 Å². The van der Waals surface area contributed by atoms with E-state index in [1.54, 1.807) is 0 Å². The summed E-state index contributed by atoms with van der Waals surface area (Å²) in [5.74, 6) is 1.98. The molecule has 0 heterocycles. The zero-order chi connectivity index (χ0) is 19.5. The molecule has 0 saturated carbocycles. The molecule has 0 aromatic heterocycles. The van der Waals surface area contributed by atoms with Crippen LogP contribution in [-0.2, 0) is 4.74 Å². The Balaban J connectivity index is 1.43. The van der Waals surface area contributed by atoms with Gasteiger partial charge < -0.3 is 14.2 Å². The fraction of sp³-hybridized carbons (Fsp3) is 0.500. The highest BCUT2D eigenvalue weighted by Crippen LogP contribution is 2.19. The van der Waals surface area contributed by atoms with E-state index in [-0.39, 0.29) is 0 Å². The molecule has 0 aliphatic heterocycles. The highest BCUT2D eigenvalue weighted by Gasteiger charge is 2.01. The second-order valence-electron chi connectivity index (χ2n) is 7.26. The molecule has 0 bridgehead atoms. The van der Waals surface area contributed by atoms with Crippen molar-refractivity contribution in [1.82, 2.24) is 0 Å². The van der Waals surface area contributed by atoms with Crippen LogP contribution in [0.25, 0.3) is 0 Å². The summed E-state index contributed by atoms with van der Waals surface area (Å²) in [6, 6.07) is 12.6. The van der Waals surface area contributed by atoms with Crippen LogP contribution < -0.4 is 9.47 Å².